The Hall–Kier alpha value is -5.20. The lowest BCUT2D eigenvalue weighted by molar-refractivity contribution is -0.126. The Morgan fingerprint density at radius 2 is 1.85 bits per heavy atom. The van der Waals surface area contributed by atoms with E-state index in [4.69, 9.17) is 4.74 Å². The van der Waals surface area contributed by atoms with E-state index in [1.807, 2.05) is 11.0 Å². The summed E-state index contributed by atoms with van der Waals surface area (Å²) < 4.78 is 22.6. The van der Waals surface area contributed by atoms with Crippen LogP contribution in [0, 0.1) is 5.82 Å². The third-order valence-electron chi connectivity index (χ3n) is 6.42. The number of hydrogen-bond acceptors (Lipinski definition) is 10. The number of carbonyl (C=O) groups is 1. The Morgan fingerprint density at radius 1 is 1.05 bits per heavy atom. The number of aromatic nitrogens is 7. The van der Waals surface area contributed by atoms with Crippen molar-refractivity contribution in [3.05, 3.63) is 67.4 Å². The van der Waals surface area contributed by atoms with Gasteiger partial charge in [-0.2, -0.15) is 0 Å². The van der Waals surface area contributed by atoms with E-state index in [2.05, 4.69) is 42.1 Å². The summed E-state index contributed by atoms with van der Waals surface area (Å²) in [5.41, 5.74) is 2.70. The molecule has 0 radical (unpaired) electrons. The van der Waals surface area contributed by atoms with Crippen LogP contribution in [-0.2, 0) is 11.8 Å². The zero-order valence-corrected chi connectivity index (χ0v) is 21.0. The number of nitrogens with one attached hydrogen (secondary N) is 1. The second-order valence-corrected chi connectivity index (χ2v) is 8.87. The summed E-state index contributed by atoms with van der Waals surface area (Å²) in [5, 5.41) is 11.1. The van der Waals surface area contributed by atoms with E-state index in [0.29, 0.717) is 66.0 Å². The molecule has 6 rings (SSSR count). The van der Waals surface area contributed by atoms with Gasteiger partial charge in [-0.05, 0) is 30.3 Å². The molecule has 3 aromatic heterocycles. The first-order chi connectivity index (χ1) is 19.0. The molecule has 39 heavy (non-hydrogen) atoms. The number of fused-ring (bicyclic) bond motifs is 2. The van der Waals surface area contributed by atoms with E-state index < -0.39 is 5.82 Å². The molecule has 1 amide bonds. The molecule has 2 aromatic carbocycles. The normalized spacial score (nSPS) is 13.6. The van der Waals surface area contributed by atoms with Crippen molar-refractivity contribution in [2.45, 2.75) is 0 Å². The number of carbonyl (C=O) groups excluding carboxylic acids is 1. The predicted octanol–water partition coefficient (Wildman–Crippen LogP) is 3.21. The molecule has 0 aliphatic carbocycles. The number of amides is 1. The molecule has 1 fully saturated rings. The minimum Gasteiger partial charge on any atom is -0.457 e. The van der Waals surface area contributed by atoms with Gasteiger partial charge in [-0.15, -0.1) is 5.10 Å². The second kappa shape index (κ2) is 9.93. The van der Waals surface area contributed by atoms with Crippen LogP contribution in [0.1, 0.15) is 0 Å². The third-order valence-corrected chi connectivity index (χ3v) is 6.42. The SMILES string of the molecule is C=CC(=O)N1CCN(c2ncc3ncnc(Nc4ccc(Oc5ccc6c(c5)nnn6C)cc4F)c3n2)CC1. The monoisotopic (exact) mass is 526 g/mol. The lowest BCUT2D eigenvalue weighted by Crippen LogP contribution is -2.48. The van der Waals surface area contributed by atoms with E-state index in [0.717, 1.165) is 5.52 Å². The lowest BCUT2D eigenvalue weighted by atomic mass is 10.2. The van der Waals surface area contributed by atoms with Crippen LogP contribution >= 0.6 is 0 Å². The van der Waals surface area contributed by atoms with Crippen LogP contribution in [0.25, 0.3) is 22.1 Å². The molecule has 0 unspecified atom stereocenters. The standard InChI is InChI=1S/C26H23FN10O2/c1-3-23(38)36-8-10-37(11-9-36)26-28-14-21-24(32-26)25(30-15-29-21)31-19-6-4-16(12-18(19)27)39-17-5-7-22-20(13-17)33-34-35(22)2/h3-7,12-15H,1,8-11H2,2H3,(H,29,30,31). The van der Waals surface area contributed by atoms with Crippen LogP contribution in [0.5, 0.6) is 11.5 Å². The summed E-state index contributed by atoms with van der Waals surface area (Å²) in [7, 11) is 1.81. The number of rotatable bonds is 6. The van der Waals surface area contributed by atoms with Crippen molar-refractivity contribution in [1.82, 2.24) is 39.8 Å². The molecule has 1 saturated heterocycles. The molecule has 0 bridgehead atoms. The summed E-state index contributed by atoms with van der Waals surface area (Å²) in [4.78, 5) is 33.2. The number of ether oxygens (including phenoxy) is 1. The number of piperazine rings is 1. The van der Waals surface area contributed by atoms with Crippen LogP contribution in [0.2, 0.25) is 0 Å². The minimum absolute atomic E-state index is 0.0982. The van der Waals surface area contributed by atoms with Crippen molar-refractivity contribution >= 4 is 45.4 Å². The van der Waals surface area contributed by atoms with E-state index >= 15 is 4.39 Å². The van der Waals surface area contributed by atoms with E-state index in [-0.39, 0.29) is 11.6 Å². The highest BCUT2D eigenvalue weighted by Crippen LogP contribution is 2.30. The maximum absolute atomic E-state index is 15.1. The summed E-state index contributed by atoms with van der Waals surface area (Å²) >= 11 is 0. The van der Waals surface area contributed by atoms with Crippen molar-refractivity contribution < 1.29 is 13.9 Å². The highest BCUT2D eigenvalue weighted by Gasteiger charge is 2.22. The maximum Gasteiger partial charge on any atom is 0.246 e. The van der Waals surface area contributed by atoms with Gasteiger partial charge in [-0.25, -0.2) is 29.0 Å². The molecule has 1 N–H and O–H groups in total. The van der Waals surface area contributed by atoms with E-state index in [1.165, 1.54) is 18.5 Å². The molecule has 4 heterocycles. The second-order valence-electron chi connectivity index (χ2n) is 8.87. The molecule has 196 valence electrons. The Balaban J connectivity index is 1.21. The number of hydrogen-bond donors (Lipinski definition) is 1. The fourth-order valence-corrected chi connectivity index (χ4v) is 4.35. The Kier molecular flexibility index (Phi) is 6.15. The van der Waals surface area contributed by atoms with Crippen molar-refractivity contribution in [1.29, 1.82) is 0 Å². The third kappa shape index (κ3) is 4.77. The number of nitrogens with zero attached hydrogens (tertiary/aromatic N) is 9. The van der Waals surface area contributed by atoms with Gasteiger partial charge < -0.3 is 19.9 Å². The number of anilines is 3. The van der Waals surface area contributed by atoms with Crippen LogP contribution in [0.15, 0.2) is 61.6 Å². The molecule has 0 saturated carbocycles. The summed E-state index contributed by atoms with van der Waals surface area (Å²) in [6.45, 7) is 5.76. The van der Waals surface area contributed by atoms with Gasteiger partial charge in [0.2, 0.25) is 11.9 Å². The average Bonchev–Trinajstić information content (AvgIpc) is 3.33. The molecular weight excluding hydrogens is 503 g/mol. The first-order valence-corrected chi connectivity index (χ1v) is 12.2. The van der Waals surface area contributed by atoms with Crippen molar-refractivity contribution in [3.8, 4) is 11.5 Å². The first-order valence-electron chi connectivity index (χ1n) is 12.2. The van der Waals surface area contributed by atoms with Crippen molar-refractivity contribution in [2.75, 3.05) is 36.4 Å². The molecule has 5 aromatic rings. The maximum atomic E-state index is 15.1. The van der Waals surface area contributed by atoms with Gasteiger partial charge in [0.05, 0.1) is 17.4 Å². The summed E-state index contributed by atoms with van der Waals surface area (Å²) in [6.07, 6.45) is 4.28. The van der Waals surface area contributed by atoms with Gasteiger partial charge in [-0.3, -0.25) is 4.79 Å². The summed E-state index contributed by atoms with van der Waals surface area (Å²) in [6, 6.07) is 9.87. The quantitative estimate of drug-likeness (QED) is 0.330. The zero-order valence-electron chi connectivity index (χ0n) is 21.0. The Bertz CT molecular complexity index is 1710. The fourth-order valence-electron chi connectivity index (χ4n) is 4.35. The Morgan fingerprint density at radius 3 is 2.64 bits per heavy atom. The fraction of sp³-hybridized carbons (Fsp3) is 0.192. The number of aryl methyl sites for hydroxylation is 1. The van der Waals surface area contributed by atoms with Crippen LogP contribution in [0.4, 0.5) is 21.8 Å². The number of halogens is 1. The number of benzene rings is 2. The van der Waals surface area contributed by atoms with Crippen LogP contribution < -0.4 is 15.0 Å². The predicted molar refractivity (Wildman–Crippen MR) is 142 cm³/mol. The van der Waals surface area contributed by atoms with Crippen molar-refractivity contribution in [2.24, 2.45) is 7.05 Å². The highest BCUT2D eigenvalue weighted by molar-refractivity contribution is 5.88. The van der Waals surface area contributed by atoms with Crippen LogP contribution in [-0.4, -0.2) is 71.9 Å². The summed E-state index contributed by atoms with van der Waals surface area (Å²) in [5.74, 6) is 1.03. The smallest absolute Gasteiger partial charge is 0.246 e. The van der Waals surface area contributed by atoms with Gasteiger partial charge in [0.25, 0.3) is 0 Å². The highest BCUT2D eigenvalue weighted by atomic mass is 19.1. The van der Waals surface area contributed by atoms with E-state index in [1.54, 1.807) is 47.1 Å². The molecule has 1 aliphatic heterocycles. The van der Waals surface area contributed by atoms with Gasteiger partial charge in [0.1, 0.15) is 40.2 Å². The van der Waals surface area contributed by atoms with Gasteiger partial charge >= 0.3 is 0 Å². The molecule has 1 aliphatic rings. The minimum atomic E-state index is -0.530. The average molecular weight is 527 g/mol. The van der Waals surface area contributed by atoms with Gasteiger partial charge in [0, 0.05) is 45.4 Å². The lowest BCUT2D eigenvalue weighted by Gasteiger charge is -2.34. The van der Waals surface area contributed by atoms with Crippen LogP contribution in [0.3, 0.4) is 0 Å². The first kappa shape index (κ1) is 24.2. The molecule has 12 nitrogen and oxygen atoms in total. The molecular formula is C26H23FN10O2. The van der Waals surface area contributed by atoms with E-state index in [9.17, 15) is 4.79 Å². The largest absolute Gasteiger partial charge is 0.457 e. The molecule has 0 atom stereocenters. The molecule has 13 heteroatoms. The van der Waals surface area contributed by atoms with Gasteiger partial charge in [0.15, 0.2) is 5.82 Å². The topological polar surface area (TPSA) is 127 Å². The Labute approximate surface area is 221 Å². The molecule has 0 spiro atoms. The van der Waals surface area contributed by atoms with Gasteiger partial charge in [-0.1, -0.05) is 11.8 Å². The zero-order chi connectivity index (χ0) is 26.9. The van der Waals surface area contributed by atoms with Crippen molar-refractivity contribution in [3.63, 3.8) is 0 Å².